The Balaban J connectivity index is 1.98. The van der Waals surface area contributed by atoms with Gasteiger partial charge in [0, 0.05) is 26.2 Å². The summed E-state index contributed by atoms with van der Waals surface area (Å²) < 4.78 is 5.34. The molecule has 0 bridgehead atoms. The molecule has 0 spiro atoms. The Labute approximate surface area is 141 Å². The van der Waals surface area contributed by atoms with Gasteiger partial charge in [-0.05, 0) is 32.9 Å². The van der Waals surface area contributed by atoms with Crippen molar-refractivity contribution in [2.75, 3.05) is 31.9 Å². The second kappa shape index (κ2) is 6.66. The van der Waals surface area contributed by atoms with E-state index < -0.39 is 5.60 Å². The number of para-hydroxylation sites is 1. The lowest BCUT2D eigenvalue weighted by Gasteiger charge is -2.35. The van der Waals surface area contributed by atoms with Gasteiger partial charge in [-0.25, -0.2) is 4.79 Å². The molecule has 1 aliphatic rings. The number of carbonyl (C=O) groups is 2. The first-order chi connectivity index (χ1) is 10.7. The third kappa shape index (κ3) is 4.28. The van der Waals surface area contributed by atoms with Gasteiger partial charge in [0.05, 0.1) is 16.3 Å². The fraction of sp³-hybridized carbons (Fsp3) is 0.500. The number of ether oxygens (including phenoxy) is 1. The van der Waals surface area contributed by atoms with E-state index in [4.69, 9.17) is 22.1 Å². The van der Waals surface area contributed by atoms with Crippen molar-refractivity contribution in [2.24, 2.45) is 0 Å². The molecule has 0 radical (unpaired) electrons. The maximum Gasteiger partial charge on any atom is 0.410 e. The van der Waals surface area contributed by atoms with E-state index in [1.807, 2.05) is 20.8 Å². The number of nitrogens with zero attached hydrogens (tertiary/aromatic N) is 2. The maximum absolute atomic E-state index is 12.5. The number of anilines is 1. The van der Waals surface area contributed by atoms with Crippen molar-refractivity contribution >= 4 is 29.3 Å². The normalized spacial score (nSPS) is 15.5. The van der Waals surface area contributed by atoms with E-state index in [9.17, 15) is 9.59 Å². The van der Waals surface area contributed by atoms with Crippen LogP contribution in [0.5, 0.6) is 0 Å². The molecule has 7 heteroatoms. The Morgan fingerprint density at radius 2 is 1.70 bits per heavy atom. The van der Waals surface area contributed by atoms with Gasteiger partial charge in [0.25, 0.3) is 5.91 Å². The molecule has 1 fully saturated rings. The molecule has 1 saturated heterocycles. The lowest BCUT2D eigenvalue weighted by molar-refractivity contribution is 0.0141. The van der Waals surface area contributed by atoms with Gasteiger partial charge in [-0.1, -0.05) is 17.7 Å². The number of piperazine rings is 1. The van der Waals surface area contributed by atoms with Crippen molar-refractivity contribution in [3.63, 3.8) is 0 Å². The first kappa shape index (κ1) is 17.4. The fourth-order valence-corrected chi connectivity index (χ4v) is 2.49. The lowest BCUT2D eigenvalue weighted by Crippen LogP contribution is -2.51. The summed E-state index contributed by atoms with van der Waals surface area (Å²) in [4.78, 5) is 27.8. The van der Waals surface area contributed by atoms with Crippen LogP contribution in [0, 0.1) is 0 Å². The summed E-state index contributed by atoms with van der Waals surface area (Å²) in [6.45, 7) is 7.21. The van der Waals surface area contributed by atoms with Crippen LogP contribution >= 0.6 is 11.6 Å². The van der Waals surface area contributed by atoms with Crippen LogP contribution in [0.25, 0.3) is 0 Å². The molecular formula is C16H22ClN3O3. The third-order valence-electron chi connectivity index (χ3n) is 3.50. The van der Waals surface area contributed by atoms with Crippen molar-refractivity contribution in [3.05, 3.63) is 28.8 Å². The molecule has 126 valence electrons. The van der Waals surface area contributed by atoms with E-state index in [1.54, 1.807) is 28.0 Å². The minimum atomic E-state index is -0.528. The summed E-state index contributed by atoms with van der Waals surface area (Å²) >= 11 is 5.96. The van der Waals surface area contributed by atoms with Gasteiger partial charge in [0.15, 0.2) is 0 Å². The minimum absolute atomic E-state index is 0.172. The fourth-order valence-electron chi connectivity index (χ4n) is 2.31. The Morgan fingerprint density at radius 3 is 2.26 bits per heavy atom. The summed E-state index contributed by atoms with van der Waals surface area (Å²) in [7, 11) is 0. The topological polar surface area (TPSA) is 75.9 Å². The number of nitrogens with two attached hydrogens (primary N) is 1. The molecule has 2 N–H and O–H groups in total. The van der Waals surface area contributed by atoms with Gasteiger partial charge < -0.3 is 20.3 Å². The highest BCUT2D eigenvalue weighted by Gasteiger charge is 2.28. The molecule has 1 aromatic rings. The van der Waals surface area contributed by atoms with Crippen LogP contribution in [0.4, 0.5) is 10.5 Å². The monoisotopic (exact) mass is 339 g/mol. The predicted molar refractivity (Wildman–Crippen MR) is 89.6 cm³/mol. The highest BCUT2D eigenvalue weighted by atomic mass is 35.5. The third-order valence-corrected chi connectivity index (χ3v) is 3.83. The van der Waals surface area contributed by atoms with Gasteiger partial charge >= 0.3 is 6.09 Å². The molecule has 1 aliphatic heterocycles. The van der Waals surface area contributed by atoms with E-state index >= 15 is 0 Å². The maximum atomic E-state index is 12.5. The number of halogens is 1. The summed E-state index contributed by atoms with van der Waals surface area (Å²) in [6.07, 6.45) is -0.355. The van der Waals surface area contributed by atoms with Crippen molar-refractivity contribution in [1.29, 1.82) is 0 Å². The van der Waals surface area contributed by atoms with Crippen LogP contribution in [0.2, 0.25) is 5.02 Å². The number of nitrogen functional groups attached to an aromatic ring is 1. The van der Waals surface area contributed by atoms with Crippen LogP contribution in [0.1, 0.15) is 31.1 Å². The summed E-state index contributed by atoms with van der Waals surface area (Å²) in [5.74, 6) is -0.172. The smallest absolute Gasteiger partial charge is 0.410 e. The summed E-state index contributed by atoms with van der Waals surface area (Å²) in [5.41, 5.74) is 6.02. The van der Waals surface area contributed by atoms with Crippen LogP contribution in [-0.4, -0.2) is 53.6 Å². The quantitative estimate of drug-likeness (QED) is 0.798. The SMILES string of the molecule is CC(C)(C)OC(=O)N1CCN(C(=O)c2cccc(Cl)c2N)CC1. The Kier molecular flexibility index (Phi) is 5.04. The van der Waals surface area contributed by atoms with Gasteiger partial charge in [-0.15, -0.1) is 0 Å². The molecule has 1 heterocycles. The first-order valence-electron chi connectivity index (χ1n) is 7.50. The number of benzene rings is 1. The Morgan fingerprint density at radius 1 is 1.13 bits per heavy atom. The molecule has 0 saturated carbocycles. The highest BCUT2D eigenvalue weighted by Crippen LogP contribution is 2.24. The van der Waals surface area contributed by atoms with Gasteiger partial charge in [0.2, 0.25) is 0 Å². The largest absolute Gasteiger partial charge is 0.444 e. The molecule has 0 aliphatic carbocycles. The summed E-state index contributed by atoms with van der Waals surface area (Å²) in [5, 5.41) is 0.364. The van der Waals surface area contributed by atoms with Crippen molar-refractivity contribution in [2.45, 2.75) is 26.4 Å². The predicted octanol–water partition coefficient (Wildman–Crippen LogP) is 2.62. The van der Waals surface area contributed by atoms with Crippen LogP contribution < -0.4 is 5.73 Å². The standard InChI is InChI=1S/C16H22ClN3O3/c1-16(2,3)23-15(22)20-9-7-19(8-10-20)14(21)11-5-4-6-12(17)13(11)18/h4-6H,7-10,18H2,1-3H3. The molecule has 1 aromatic carbocycles. The number of hydrogen-bond acceptors (Lipinski definition) is 4. The zero-order valence-electron chi connectivity index (χ0n) is 13.6. The molecular weight excluding hydrogens is 318 g/mol. The van der Waals surface area contributed by atoms with Gasteiger partial charge in [0.1, 0.15) is 5.60 Å². The van der Waals surface area contributed by atoms with Crippen molar-refractivity contribution < 1.29 is 14.3 Å². The lowest BCUT2D eigenvalue weighted by atomic mass is 10.1. The van der Waals surface area contributed by atoms with Crippen LogP contribution in [0.3, 0.4) is 0 Å². The van der Waals surface area contributed by atoms with Crippen molar-refractivity contribution in [3.8, 4) is 0 Å². The van der Waals surface area contributed by atoms with Crippen LogP contribution in [-0.2, 0) is 4.74 Å². The first-order valence-corrected chi connectivity index (χ1v) is 7.88. The molecule has 2 amide bonds. The Hall–Kier alpha value is -1.95. The molecule has 0 atom stereocenters. The second-order valence-electron chi connectivity index (χ2n) is 6.46. The number of amides is 2. The van der Waals surface area contributed by atoms with E-state index in [-0.39, 0.29) is 17.7 Å². The van der Waals surface area contributed by atoms with Gasteiger partial charge in [-0.3, -0.25) is 4.79 Å². The highest BCUT2D eigenvalue weighted by molar-refractivity contribution is 6.33. The molecule has 23 heavy (non-hydrogen) atoms. The second-order valence-corrected chi connectivity index (χ2v) is 6.87. The van der Waals surface area contributed by atoms with Gasteiger partial charge in [-0.2, -0.15) is 0 Å². The molecule has 2 rings (SSSR count). The molecule has 0 aromatic heterocycles. The Bertz CT molecular complexity index is 605. The van der Waals surface area contributed by atoms with E-state index in [2.05, 4.69) is 0 Å². The zero-order chi connectivity index (χ0) is 17.2. The number of hydrogen-bond donors (Lipinski definition) is 1. The van der Waals surface area contributed by atoms with Crippen molar-refractivity contribution in [1.82, 2.24) is 9.80 Å². The molecule has 0 unspecified atom stereocenters. The number of carbonyl (C=O) groups excluding carboxylic acids is 2. The van der Waals surface area contributed by atoms with E-state index in [0.29, 0.717) is 36.8 Å². The number of rotatable bonds is 1. The summed E-state index contributed by atoms with van der Waals surface area (Å²) in [6, 6.07) is 5.00. The average Bonchev–Trinajstić information content (AvgIpc) is 2.48. The molecule has 6 nitrogen and oxygen atoms in total. The van der Waals surface area contributed by atoms with Crippen LogP contribution in [0.15, 0.2) is 18.2 Å². The average molecular weight is 340 g/mol. The van der Waals surface area contributed by atoms with E-state index in [1.165, 1.54) is 0 Å². The zero-order valence-corrected chi connectivity index (χ0v) is 14.4. The minimum Gasteiger partial charge on any atom is -0.444 e. The van der Waals surface area contributed by atoms with E-state index in [0.717, 1.165) is 0 Å².